The van der Waals surface area contributed by atoms with Gasteiger partial charge in [0.25, 0.3) is 0 Å². The Morgan fingerprint density at radius 2 is 1.12 bits per heavy atom. The standard InChI is InChI=1S/C13H22.C12H21N.C11H19N.C11H18.2Y/c1-12(2,3)10-7-8-11(9-10)13(4,5)6;1-11(2,3)9-7-10(13-8-9)12(4,5)6;1-10(2,3)8-7-9(12)11(4,5)6;1-9(2)7-8-10(3)11(4,5)6;;/h7,9H,8H2,1-6H3;7H,8H2,1-6H3;7H,1-6H3;3,8-9H,1-2,4-6H3;;/q;;2*-2;;. The molecule has 288 valence electrons. The van der Waals surface area contributed by atoms with Gasteiger partial charge in [-0.1, -0.05) is 182 Å². The maximum absolute atomic E-state index is 9.55. The van der Waals surface area contributed by atoms with Gasteiger partial charge in [-0.2, -0.15) is 0 Å². The summed E-state index contributed by atoms with van der Waals surface area (Å²) in [5.74, 6) is 0.455. The average molecular weight is 851 g/mol. The molecule has 0 atom stereocenters. The molecule has 0 bridgehead atoms. The maximum atomic E-state index is 9.55. The van der Waals surface area contributed by atoms with Gasteiger partial charge in [-0.15, -0.1) is 16.7 Å². The van der Waals surface area contributed by atoms with Crippen LogP contribution < -0.4 is 0 Å². The van der Waals surface area contributed by atoms with Crippen molar-refractivity contribution in [2.75, 3.05) is 6.54 Å². The van der Waals surface area contributed by atoms with Gasteiger partial charge in [0, 0.05) is 76.5 Å². The Hall–Kier alpha value is -0.0122. The summed E-state index contributed by atoms with van der Waals surface area (Å²) in [4.78, 5) is 4.58. The van der Waals surface area contributed by atoms with Crippen LogP contribution in [0.3, 0.4) is 0 Å². The van der Waals surface area contributed by atoms with Gasteiger partial charge >= 0.3 is 0 Å². The van der Waals surface area contributed by atoms with Crippen molar-refractivity contribution in [3.05, 3.63) is 76.8 Å². The second-order valence-electron chi connectivity index (χ2n) is 21.2. The number of nitrogens with zero attached hydrogens (tertiary/aromatic N) is 2. The Morgan fingerprint density at radius 1 is 0.667 bits per heavy atom. The molecular weight excluding hydrogens is 770 g/mol. The molecule has 2 aliphatic rings. The fourth-order valence-electron chi connectivity index (χ4n) is 3.88. The summed E-state index contributed by atoms with van der Waals surface area (Å²) in [5, 5.41) is 9.55. The van der Waals surface area contributed by atoms with E-state index in [0.717, 1.165) is 18.5 Å². The summed E-state index contributed by atoms with van der Waals surface area (Å²) in [5.41, 5.74) is 8.09. The van der Waals surface area contributed by atoms with E-state index in [0.29, 0.717) is 22.5 Å². The molecule has 0 saturated carbocycles. The molecule has 0 N–H and O–H groups in total. The number of rotatable bonds is 3. The third-order valence-corrected chi connectivity index (χ3v) is 8.01. The molecule has 2 nitrogen and oxygen atoms in total. The van der Waals surface area contributed by atoms with Crippen LogP contribution in [0, 0.1) is 62.6 Å². The van der Waals surface area contributed by atoms with E-state index in [4.69, 9.17) is 6.58 Å². The van der Waals surface area contributed by atoms with Crippen LogP contribution in [0.25, 0.3) is 5.41 Å². The van der Waals surface area contributed by atoms with Crippen LogP contribution in [0.4, 0.5) is 0 Å². The van der Waals surface area contributed by atoms with Crippen molar-refractivity contribution in [3.8, 4) is 0 Å². The fourth-order valence-corrected chi connectivity index (χ4v) is 3.88. The molecule has 4 heteroatoms. The predicted octanol–water partition coefficient (Wildman–Crippen LogP) is 14.6. The average Bonchev–Trinajstić information content (AvgIpc) is 3.55. The van der Waals surface area contributed by atoms with Crippen molar-refractivity contribution in [3.63, 3.8) is 0 Å². The van der Waals surface area contributed by atoms with Gasteiger partial charge in [-0.3, -0.25) is 17.1 Å². The summed E-state index contributed by atoms with van der Waals surface area (Å²) in [6.45, 7) is 56.4. The first-order chi connectivity index (χ1) is 21.4. The molecule has 0 aromatic carbocycles. The molecule has 0 amide bonds. The fraction of sp³-hybridized carbons (Fsp3) is 0.702. The van der Waals surface area contributed by atoms with Gasteiger partial charge in [0.05, 0.1) is 6.54 Å². The second kappa shape index (κ2) is 22.5. The van der Waals surface area contributed by atoms with Crippen molar-refractivity contribution >= 4 is 11.4 Å². The van der Waals surface area contributed by atoms with Crippen LogP contribution in [0.1, 0.15) is 166 Å². The molecule has 0 aromatic heterocycles. The number of hydrogen-bond donors (Lipinski definition) is 0. The molecule has 0 aromatic rings. The predicted molar refractivity (Wildman–Crippen MR) is 224 cm³/mol. The van der Waals surface area contributed by atoms with Gasteiger partial charge in [0.15, 0.2) is 0 Å². The van der Waals surface area contributed by atoms with Gasteiger partial charge in [-0.25, -0.2) is 0 Å². The molecule has 0 spiro atoms. The zero-order valence-corrected chi connectivity index (χ0v) is 43.7. The van der Waals surface area contributed by atoms with Crippen LogP contribution in [0.2, 0.25) is 0 Å². The van der Waals surface area contributed by atoms with Crippen LogP contribution in [-0.4, -0.2) is 18.0 Å². The van der Waals surface area contributed by atoms with Crippen molar-refractivity contribution in [2.45, 2.75) is 166 Å². The Morgan fingerprint density at radius 3 is 1.35 bits per heavy atom. The van der Waals surface area contributed by atoms with E-state index in [-0.39, 0.29) is 92.5 Å². The maximum Gasteiger partial charge on any atom is 0.0611 e. The first-order valence-electron chi connectivity index (χ1n) is 18.5. The van der Waals surface area contributed by atoms with Crippen molar-refractivity contribution < 1.29 is 65.4 Å². The van der Waals surface area contributed by atoms with E-state index >= 15 is 0 Å². The SMILES string of the molecule is CC(C)(C)C1=CC(C(C)(C)C)=NC1.CC(C)(C)C1=CCC(C(C)(C)C)=C1.CC(C)(C)[C-]=CC(=[N-])C(C)(C)C.[CH-]=C(C=[C-]C(C)C)C(C)(C)C.[Y].[Y]. The summed E-state index contributed by atoms with van der Waals surface area (Å²) >= 11 is 0. The molecule has 0 unspecified atom stereocenters. The second-order valence-corrected chi connectivity index (χ2v) is 21.2. The molecule has 0 saturated heterocycles. The zero-order valence-electron chi connectivity index (χ0n) is 38.0. The molecule has 1 aliphatic carbocycles. The zero-order chi connectivity index (χ0) is 39.6. The summed E-state index contributed by atoms with van der Waals surface area (Å²) in [6.07, 6.45) is 18.0. The minimum atomic E-state index is -0.168. The quantitative estimate of drug-likeness (QED) is 0.154. The van der Waals surface area contributed by atoms with Crippen LogP contribution in [0.5, 0.6) is 0 Å². The van der Waals surface area contributed by atoms with E-state index in [1.54, 1.807) is 11.6 Å². The van der Waals surface area contributed by atoms with Crippen LogP contribution >= 0.6 is 0 Å². The van der Waals surface area contributed by atoms with Crippen LogP contribution in [0.15, 0.2) is 57.7 Å². The Balaban J connectivity index is -0.000000286. The molecule has 51 heavy (non-hydrogen) atoms. The number of aliphatic imine (C=N–C) groups is 1. The molecule has 2 rings (SSSR count). The number of allylic oxidation sites excluding steroid dienone is 10. The smallest absolute Gasteiger partial charge is 0.0611 e. The van der Waals surface area contributed by atoms with E-state index < -0.39 is 0 Å². The third-order valence-electron chi connectivity index (χ3n) is 8.01. The normalized spacial score (nSPS) is 15.5. The van der Waals surface area contributed by atoms with E-state index in [1.165, 1.54) is 16.9 Å². The number of hydrogen-bond acceptors (Lipinski definition) is 1. The van der Waals surface area contributed by atoms with Gasteiger partial charge in [0.2, 0.25) is 0 Å². The van der Waals surface area contributed by atoms with Crippen molar-refractivity contribution in [1.82, 2.24) is 0 Å². The minimum absolute atomic E-state index is 0. The summed E-state index contributed by atoms with van der Waals surface area (Å²) in [7, 11) is 0. The Labute approximate surface area is 371 Å². The first-order valence-corrected chi connectivity index (χ1v) is 18.5. The van der Waals surface area contributed by atoms with Gasteiger partial charge in [-0.05, 0) is 39.9 Å². The monoisotopic (exact) mass is 850 g/mol. The molecule has 1 aliphatic heterocycles. The van der Waals surface area contributed by atoms with E-state index in [2.05, 4.69) is 174 Å². The van der Waals surface area contributed by atoms with Gasteiger partial charge < -0.3 is 35.4 Å². The topological polar surface area (TPSA) is 34.7 Å². The Bertz CT molecular complexity index is 1200. The molecule has 1 heterocycles. The van der Waals surface area contributed by atoms with Gasteiger partial charge in [0.1, 0.15) is 0 Å². The Kier molecular flexibility index (Phi) is 25.5. The summed E-state index contributed by atoms with van der Waals surface area (Å²) in [6, 6.07) is 0. The molecule has 0 fully saturated rings. The summed E-state index contributed by atoms with van der Waals surface area (Å²) < 4.78 is 0. The van der Waals surface area contributed by atoms with E-state index in [9.17, 15) is 5.41 Å². The van der Waals surface area contributed by atoms with Crippen LogP contribution in [-0.2, 0) is 65.4 Å². The van der Waals surface area contributed by atoms with Crippen molar-refractivity contribution in [1.29, 1.82) is 0 Å². The van der Waals surface area contributed by atoms with E-state index in [1.807, 2.05) is 26.8 Å². The molecular formula is C47H80N2Y2-4. The van der Waals surface area contributed by atoms with Crippen molar-refractivity contribution in [2.24, 2.45) is 48.8 Å². The minimum Gasteiger partial charge on any atom is -0.908 e. The molecule has 2 radical (unpaired) electrons. The first kappa shape index (κ1) is 57.7. The largest absolute Gasteiger partial charge is 0.908 e. The third kappa shape index (κ3) is 27.3.